The average molecular weight is 402 g/mol. The second kappa shape index (κ2) is 9.62. The van der Waals surface area contributed by atoms with Gasteiger partial charge in [-0.15, -0.1) is 0 Å². The molecule has 0 bridgehead atoms. The van der Waals surface area contributed by atoms with Crippen molar-refractivity contribution in [3.05, 3.63) is 24.3 Å². The van der Waals surface area contributed by atoms with Crippen LogP contribution in [0.1, 0.15) is 39.5 Å². The smallest absolute Gasteiger partial charge is 0.321 e. The molecule has 3 rings (SSSR count). The predicted molar refractivity (Wildman–Crippen MR) is 113 cm³/mol. The third-order valence-electron chi connectivity index (χ3n) is 5.23. The number of benzene rings is 1. The van der Waals surface area contributed by atoms with Crippen molar-refractivity contribution in [2.24, 2.45) is 11.8 Å². The Labute approximate surface area is 171 Å². The van der Waals surface area contributed by atoms with Crippen molar-refractivity contribution >= 4 is 29.3 Å². The molecule has 1 heterocycles. The summed E-state index contributed by atoms with van der Waals surface area (Å²) in [5.41, 5.74) is 1.31. The number of amides is 5. The summed E-state index contributed by atoms with van der Waals surface area (Å²) in [6.45, 7) is 5.72. The van der Waals surface area contributed by atoms with Crippen LogP contribution in [0.2, 0.25) is 0 Å². The van der Waals surface area contributed by atoms with Gasteiger partial charge in [-0.05, 0) is 69.7 Å². The largest absolute Gasteiger partial charge is 0.356 e. The first-order valence-corrected chi connectivity index (χ1v) is 10.4. The Morgan fingerprint density at radius 1 is 0.966 bits per heavy atom. The zero-order chi connectivity index (χ0) is 20.8. The minimum absolute atomic E-state index is 0.000133. The van der Waals surface area contributed by atoms with Crippen LogP contribution in [0.5, 0.6) is 0 Å². The van der Waals surface area contributed by atoms with Crippen molar-refractivity contribution in [1.82, 2.24) is 15.5 Å². The summed E-state index contributed by atoms with van der Waals surface area (Å²) in [5.74, 6) is 0.803. The summed E-state index contributed by atoms with van der Waals surface area (Å²) in [6, 6.07) is 6.61. The van der Waals surface area contributed by atoms with Gasteiger partial charge >= 0.3 is 12.1 Å². The van der Waals surface area contributed by atoms with Gasteiger partial charge in [0.15, 0.2) is 0 Å². The maximum atomic E-state index is 12.5. The highest BCUT2D eigenvalue weighted by atomic mass is 16.2. The average Bonchev–Trinajstić information content (AvgIpc) is 3.51. The fourth-order valence-corrected chi connectivity index (χ4v) is 3.32. The molecule has 0 aromatic heterocycles. The van der Waals surface area contributed by atoms with Crippen molar-refractivity contribution in [2.75, 3.05) is 30.3 Å². The molecule has 0 radical (unpaired) electrons. The number of rotatable bonds is 6. The number of nitrogens with zero attached hydrogens (tertiary/aromatic N) is 1. The van der Waals surface area contributed by atoms with E-state index in [2.05, 4.69) is 21.3 Å². The summed E-state index contributed by atoms with van der Waals surface area (Å²) >= 11 is 0. The van der Waals surface area contributed by atoms with Gasteiger partial charge in [-0.25, -0.2) is 9.59 Å². The molecule has 0 unspecified atom stereocenters. The number of carbonyl (C=O) groups excluding carboxylic acids is 3. The molecule has 8 nitrogen and oxygen atoms in total. The van der Waals surface area contributed by atoms with Crippen molar-refractivity contribution in [3.8, 4) is 0 Å². The number of carbonyl (C=O) groups is 3. The topological polar surface area (TPSA) is 103 Å². The quantitative estimate of drug-likeness (QED) is 0.589. The fraction of sp³-hybridized carbons (Fsp3) is 0.571. The van der Waals surface area contributed by atoms with Crippen molar-refractivity contribution < 1.29 is 14.4 Å². The van der Waals surface area contributed by atoms with Crippen molar-refractivity contribution in [3.63, 3.8) is 0 Å². The Morgan fingerprint density at radius 2 is 1.55 bits per heavy atom. The van der Waals surface area contributed by atoms with Gasteiger partial charge in [0.1, 0.15) is 0 Å². The van der Waals surface area contributed by atoms with E-state index in [0.717, 1.165) is 6.54 Å². The number of hydrogen-bond donors (Lipinski definition) is 4. The SMILES string of the molecule is CC(C)NC(=O)Nc1ccc(NC(=O)N2CCC(C(=O)NCC3CC3)CC2)cc1. The van der Waals surface area contributed by atoms with Crippen molar-refractivity contribution in [2.45, 2.75) is 45.6 Å². The predicted octanol–water partition coefficient (Wildman–Crippen LogP) is 2.99. The molecule has 2 fully saturated rings. The summed E-state index contributed by atoms with van der Waals surface area (Å²) in [4.78, 5) is 38.1. The number of anilines is 2. The van der Waals surface area contributed by atoms with E-state index in [1.165, 1.54) is 12.8 Å². The van der Waals surface area contributed by atoms with Crippen LogP contribution in [0.3, 0.4) is 0 Å². The van der Waals surface area contributed by atoms with Crippen LogP contribution in [-0.4, -0.2) is 48.5 Å². The number of hydrogen-bond acceptors (Lipinski definition) is 3. The van der Waals surface area contributed by atoms with E-state index in [4.69, 9.17) is 0 Å². The molecule has 0 spiro atoms. The molecule has 29 heavy (non-hydrogen) atoms. The van der Waals surface area contributed by atoms with E-state index in [-0.39, 0.29) is 29.9 Å². The zero-order valence-electron chi connectivity index (χ0n) is 17.2. The molecule has 1 aromatic carbocycles. The maximum absolute atomic E-state index is 12.5. The lowest BCUT2D eigenvalue weighted by molar-refractivity contribution is -0.126. The maximum Gasteiger partial charge on any atom is 0.321 e. The Morgan fingerprint density at radius 3 is 2.10 bits per heavy atom. The third-order valence-corrected chi connectivity index (χ3v) is 5.23. The summed E-state index contributed by atoms with van der Waals surface area (Å²) in [7, 11) is 0. The van der Waals surface area contributed by atoms with Gasteiger partial charge in [0.2, 0.25) is 5.91 Å². The molecule has 1 aliphatic carbocycles. The number of urea groups is 2. The molecule has 4 N–H and O–H groups in total. The molecule has 1 saturated heterocycles. The first-order chi connectivity index (χ1) is 13.9. The van der Waals surface area contributed by atoms with E-state index in [9.17, 15) is 14.4 Å². The Kier molecular flexibility index (Phi) is 6.95. The molecule has 1 aromatic rings. The molecule has 158 valence electrons. The van der Waals surface area contributed by atoms with E-state index >= 15 is 0 Å². The molecule has 8 heteroatoms. The summed E-state index contributed by atoms with van der Waals surface area (Å²) < 4.78 is 0. The monoisotopic (exact) mass is 401 g/mol. The molecular formula is C21H31N5O3. The van der Waals surface area contributed by atoms with Gasteiger partial charge in [0, 0.05) is 43.0 Å². The fourth-order valence-electron chi connectivity index (χ4n) is 3.32. The normalized spacial score (nSPS) is 17.0. The molecule has 0 atom stereocenters. The van der Waals surface area contributed by atoms with Gasteiger partial charge in [-0.2, -0.15) is 0 Å². The third kappa shape index (κ3) is 6.66. The zero-order valence-corrected chi connectivity index (χ0v) is 17.2. The van der Waals surface area contributed by atoms with E-state index in [1.807, 2.05) is 13.8 Å². The van der Waals surface area contributed by atoms with E-state index in [0.29, 0.717) is 43.2 Å². The number of piperidine rings is 1. The highest BCUT2D eigenvalue weighted by Gasteiger charge is 2.29. The lowest BCUT2D eigenvalue weighted by Crippen LogP contribution is -2.44. The summed E-state index contributed by atoms with van der Waals surface area (Å²) in [6.07, 6.45) is 3.83. The van der Waals surface area contributed by atoms with Gasteiger partial charge in [0.05, 0.1) is 0 Å². The highest BCUT2D eigenvalue weighted by molar-refractivity contribution is 5.91. The number of nitrogens with one attached hydrogen (secondary N) is 4. The standard InChI is InChI=1S/C21H31N5O3/c1-14(2)23-20(28)24-17-5-7-18(8-6-17)25-21(29)26-11-9-16(10-12-26)19(27)22-13-15-3-4-15/h5-8,14-16H,3-4,9-13H2,1-2H3,(H,22,27)(H,25,29)(H2,23,24,28). The van der Waals surface area contributed by atoms with E-state index < -0.39 is 0 Å². The highest BCUT2D eigenvalue weighted by Crippen LogP contribution is 2.28. The van der Waals surface area contributed by atoms with Gasteiger partial charge in [-0.1, -0.05) is 0 Å². The van der Waals surface area contributed by atoms with Crippen LogP contribution in [0, 0.1) is 11.8 Å². The molecule has 1 aliphatic heterocycles. The molecule has 2 aliphatic rings. The molecule has 1 saturated carbocycles. The molecular weight excluding hydrogens is 370 g/mol. The second-order valence-corrected chi connectivity index (χ2v) is 8.21. The van der Waals surface area contributed by atoms with Crippen LogP contribution in [0.15, 0.2) is 24.3 Å². The van der Waals surface area contributed by atoms with Gasteiger partial charge < -0.3 is 26.2 Å². The molecule has 5 amide bonds. The minimum atomic E-state index is -0.263. The van der Waals surface area contributed by atoms with Crippen LogP contribution >= 0.6 is 0 Å². The first-order valence-electron chi connectivity index (χ1n) is 10.4. The number of likely N-dealkylation sites (tertiary alicyclic amines) is 1. The Bertz CT molecular complexity index is 722. The van der Waals surface area contributed by atoms with Crippen molar-refractivity contribution in [1.29, 1.82) is 0 Å². The lowest BCUT2D eigenvalue weighted by atomic mass is 9.96. The summed E-state index contributed by atoms with van der Waals surface area (Å²) in [5, 5.41) is 11.4. The van der Waals surface area contributed by atoms with Crippen LogP contribution < -0.4 is 21.3 Å². The first kappa shape index (κ1) is 21.0. The van der Waals surface area contributed by atoms with E-state index in [1.54, 1.807) is 29.2 Å². The van der Waals surface area contributed by atoms with Gasteiger partial charge in [-0.3, -0.25) is 4.79 Å². The Balaban J connectivity index is 1.41. The minimum Gasteiger partial charge on any atom is -0.356 e. The van der Waals surface area contributed by atoms with Gasteiger partial charge in [0.25, 0.3) is 0 Å². The second-order valence-electron chi connectivity index (χ2n) is 8.21. The van der Waals surface area contributed by atoms with Crippen LogP contribution in [0.4, 0.5) is 21.0 Å². The Hall–Kier alpha value is -2.77. The lowest BCUT2D eigenvalue weighted by Gasteiger charge is -2.31. The van der Waals surface area contributed by atoms with Crippen LogP contribution in [0.25, 0.3) is 0 Å². The van der Waals surface area contributed by atoms with Crippen LogP contribution in [-0.2, 0) is 4.79 Å².